The van der Waals surface area contributed by atoms with Gasteiger partial charge < -0.3 is 25.3 Å². The lowest BCUT2D eigenvalue weighted by atomic mass is 9.90. The molecule has 1 saturated carbocycles. The number of carbonyl (C=O) groups excluding carboxylic acids is 1. The first-order valence-electron chi connectivity index (χ1n) is 13.0. The van der Waals surface area contributed by atoms with Crippen LogP contribution < -0.4 is 11.1 Å². The Bertz CT molecular complexity index is 1240. The van der Waals surface area contributed by atoms with E-state index in [4.69, 9.17) is 10.5 Å². The Kier molecular flexibility index (Phi) is 7.02. The molecule has 2 fully saturated rings. The molecule has 5 rings (SSSR count). The van der Waals surface area contributed by atoms with Gasteiger partial charge in [0.15, 0.2) is 0 Å². The Labute approximate surface area is 219 Å². The number of carbonyl (C=O) groups is 1. The highest BCUT2D eigenvalue weighted by Gasteiger charge is 2.44. The first-order valence-corrected chi connectivity index (χ1v) is 13.0. The van der Waals surface area contributed by atoms with Crippen molar-refractivity contribution < 1.29 is 27.1 Å². The topological polar surface area (TPSA) is 84.9 Å². The molecule has 3 N–H and O–H groups in total. The molecule has 1 aliphatic carbocycles. The number of aromatic nitrogens is 1. The Balaban J connectivity index is 1.39. The molecule has 1 aromatic heterocycles. The maximum atomic E-state index is 14.8. The maximum absolute atomic E-state index is 14.8. The summed E-state index contributed by atoms with van der Waals surface area (Å²) in [6.45, 7) is 7.53. The standard InChI is InChI=1S/C27H33F4N5O2/c1-14(19-5-4-6-21(23(19)28)27(29,30)31)33-15(2)20-11-22-24(18-12-35(13-18)26(37)17-7-8-17)38-10-9-36(22)25(20)34-16(3)32/h4-6,11,14-15,17-18,24,33H,7-10,12-13H2,1-3H3,(H2,32,34)/t14-,15?,24?/m1/s1. The van der Waals surface area contributed by atoms with Crippen LogP contribution in [0.1, 0.15) is 74.2 Å². The van der Waals surface area contributed by atoms with Gasteiger partial charge in [-0.25, -0.2) is 9.38 Å². The van der Waals surface area contributed by atoms with Crippen molar-refractivity contribution in [3.05, 3.63) is 52.5 Å². The minimum atomic E-state index is -4.78. The van der Waals surface area contributed by atoms with Crippen LogP contribution in [0, 0.1) is 17.7 Å². The number of fused-ring (bicyclic) bond motifs is 1. The van der Waals surface area contributed by atoms with Crippen molar-refractivity contribution in [3.63, 3.8) is 0 Å². The predicted molar refractivity (Wildman–Crippen MR) is 134 cm³/mol. The molecule has 11 heteroatoms. The summed E-state index contributed by atoms with van der Waals surface area (Å²) in [6, 6.07) is 4.22. The second-order valence-electron chi connectivity index (χ2n) is 10.6. The summed E-state index contributed by atoms with van der Waals surface area (Å²) < 4.78 is 62.8. The molecule has 7 nitrogen and oxygen atoms in total. The van der Waals surface area contributed by atoms with Crippen molar-refractivity contribution >= 4 is 17.6 Å². The van der Waals surface area contributed by atoms with Gasteiger partial charge in [-0.2, -0.15) is 13.2 Å². The van der Waals surface area contributed by atoms with Crippen LogP contribution in [0.3, 0.4) is 0 Å². The largest absolute Gasteiger partial charge is 0.419 e. The second-order valence-corrected chi connectivity index (χ2v) is 10.6. The van der Waals surface area contributed by atoms with E-state index in [0.717, 1.165) is 30.2 Å². The Morgan fingerprint density at radius 3 is 2.50 bits per heavy atom. The van der Waals surface area contributed by atoms with Gasteiger partial charge in [0.1, 0.15) is 17.7 Å². The zero-order valence-corrected chi connectivity index (χ0v) is 21.7. The number of alkyl halides is 3. The van der Waals surface area contributed by atoms with Crippen molar-refractivity contribution in [3.8, 4) is 0 Å². The molecule has 2 unspecified atom stereocenters. The van der Waals surface area contributed by atoms with Crippen LogP contribution in [-0.4, -0.2) is 40.9 Å². The molecule has 3 aliphatic rings. The molecule has 0 spiro atoms. The van der Waals surface area contributed by atoms with Gasteiger partial charge in [-0.15, -0.1) is 0 Å². The van der Waals surface area contributed by atoms with Gasteiger partial charge in [0.05, 0.1) is 18.0 Å². The lowest BCUT2D eigenvalue weighted by Crippen LogP contribution is -2.53. The average molecular weight is 536 g/mol. The highest BCUT2D eigenvalue weighted by Crippen LogP contribution is 2.43. The molecule has 3 heterocycles. The molecule has 2 aliphatic heterocycles. The lowest BCUT2D eigenvalue weighted by Gasteiger charge is -2.44. The zero-order chi connectivity index (χ0) is 27.4. The SMILES string of the molecule is CC(N)=Nc1c(C(C)N[C@H](C)c2cccc(C(F)(F)F)c2F)cc2n1CCOC2C1CN(C(=O)C2CC2)C1. The summed E-state index contributed by atoms with van der Waals surface area (Å²) >= 11 is 0. The number of amides is 1. The lowest BCUT2D eigenvalue weighted by molar-refractivity contribution is -0.145. The number of hydrogen-bond donors (Lipinski definition) is 2. The number of rotatable bonds is 7. The van der Waals surface area contributed by atoms with Crippen LogP contribution >= 0.6 is 0 Å². The van der Waals surface area contributed by atoms with E-state index in [-0.39, 0.29) is 35.5 Å². The van der Waals surface area contributed by atoms with Gasteiger partial charge in [0, 0.05) is 60.4 Å². The van der Waals surface area contributed by atoms with E-state index in [9.17, 15) is 22.4 Å². The van der Waals surface area contributed by atoms with E-state index in [1.165, 1.54) is 12.1 Å². The van der Waals surface area contributed by atoms with Crippen LogP contribution in [0.25, 0.3) is 0 Å². The van der Waals surface area contributed by atoms with Gasteiger partial charge >= 0.3 is 6.18 Å². The van der Waals surface area contributed by atoms with Crippen molar-refractivity contribution in [2.75, 3.05) is 19.7 Å². The van der Waals surface area contributed by atoms with Crippen LogP contribution in [0.4, 0.5) is 23.4 Å². The number of nitrogens with two attached hydrogens (primary N) is 1. The molecule has 0 radical (unpaired) electrons. The van der Waals surface area contributed by atoms with Gasteiger partial charge in [-0.3, -0.25) is 4.79 Å². The molecule has 1 aromatic carbocycles. The summed E-state index contributed by atoms with van der Waals surface area (Å²) in [5, 5.41) is 3.24. The van der Waals surface area contributed by atoms with Crippen molar-refractivity contribution in [1.82, 2.24) is 14.8 Å². The minimum Gasteiger partial charge on any atom is -0.387 e. The summed E-state index contributed by atoms with van der Waals surface area (Å²) in [5.74, 6) is 0.313. The van der Waals surface area contributed by atoms with E-state index in [0.29, 0.717) is 37.9 Å². The van der Waals surface area contributed by atoms with Crippen LogP contribution in [-0.2, 0) is 22.3 Å². The summed E-state index contributed by atoms with van der Waals surface area (Å²) in [6.07, 6.45) is -3.04. The number of benzene rings is 1. The fourth-order valence-electron chi connectivity index (χ4n) is 5.53. The fraction of sp³-hybridized carbons (Fsp3) is 0.556. The number of amidine groups is 1. The third-order valence-electron chi connectivity index (χ3n) is 7.66. The summed E-state index contributed by atoms with van der Waals surface area (Å²) in [5.41, 5.74) is 6.34. The van der Waals surface area contributed by atoms with E-state index < -0.39 is 23.6 Å². The van der Waals surface area contributed by atoms with Crippen molar-refractivity contribution in [1.29, 1.82) is 0 Å². The number of hydrogen-bond acceptors (Lipinski definition) is 4. The van der Waals surface area contributed by atoms with E-state index >= 15 is 0 Å². The third kappa shape index (κ3) is 5.05. The van der Waals surface area contributed by atoms with Crippen LogP contribution in [0.15, 0.2) is 29.3 Å². The second kappa shape index (κ2) is 10.00. The third-order valence-corrected chi connectivity index (χ3v) is 7.66. The number of aliphatic imine (C=N–C) groups is 1. The van der Waals surface area contributed by atoms with E-state index in [2.05, 4.69) is 14.9 Å². The van der Waals surface area contributed by atoms with Crippen LogP contribution in [0.5, 0.6) is 0 Å². The molecule has 3 atom stereocenters. The molecular formula is C27H33F4N5O2. The van der Waals surface area contributed by atoms with Gasteiger partial charge in [0.2, 0.25) is 5.91 Å². The number of likely N-dealkylation sites (tertiary alicyclic amines) is 1. The predicted octanol–water partition coefficient (Wildman–Crippen LogP) is 5.01. The Morgan fingerprint density at radius 2 is 1.87 bits per heavy atom. The van der Waals surface area contributed by atoms with E-state index in [1.54, 1.807) is 13.8 Å². The Hall–Kier alpha value is -2.92. The van der Waals surface area contributed by atoms with Crippen LogP contribution in [0.2, 0.25) is 0 Å². The number of ether oxygens (including phenoxy) is 1. The molecule has 1 amide bonds. The molecule has 0 bridgehead atoms. The maximum Gasteiger partial charge on any atom is 0.419 e. The van der Waals surface area contributed by atoms with Gasteiger partial charge in [-0.1, -0.05) is 12.1 Å². The van der Waals surface area contributed by atoms with E-state index in [1.807, 2.05) is 17.9 Å². The average Bonchev–Trinajstić information content (AvgIpc) is 3.60. The van der Waals surface area contributed by atoms with Gasteiger partial charge in [0.25, 0.3) is 0 Å². The van der Waals surface area contributed by atoms with Crippen molar-refractivity contribution in [2.45, 2.75) is 64.5 Å². The molecule has 2 aromatic rings. The molecule has 38 heavy (non-hydrogen) atoms. The van der Waals surface area contributed by atoms with Gasteiger partial charge in [-0.05, 0) is 45.7 Å². The fourth-order valence-corrected chi connectivity index (χ4v) is 5.53. The number of halogens is 4. The smallest absolute Gasteiger partial charge is 0.387 e. The quantitative estimate of drug-likeness (QED) is 0.297. The highest BCUT2D eigenvalue weighted by molar-refractivity contribution is 5.82. The van der Waals surface area contributed by atoms with Crippen molar-refractivity contribution in [2.24, 2.45) is 22.6 Å². The number of nitrogens with zero attached hydrogens (tertiary/aromatic N) is 3. The minimum absolute atomic E-state index is 0.0631. The normalized spacial score (nSPS) is 22.1. The summed E-state index contributed by atoms with van der Waals surface area (Å²) in [7, 11) is 0. The highest BCUT2D eigenvalue weighted by atomic mass is 19.4. The summed E-state index contributed by atoms with van der Waals surface area (Å²) in [4.78, 5) is 18.9. The monoisotopic (exact) mass is 535 g/mol. The molecular weight excluding hydrogens is 502 g/mol. The first kappa shape index (κ1) is 26.7. The molecule has 1 saturated heterocycles. The molecule has 206 valence electrons. The Morgan fingerprint density at radius 1 is 1.18 bits per heavy atom. The first-order chi connectivity index (χ1) is 18.0. The number of nitrogens with one attached hydrogen (secondary N) is 1. The zero-order valence-electron chi connectivity index (χ0n) is 21.7.